The number of carbonyl (C=O) groups excluding carboxylic acids is 3. The van der Waals surface area contributed by atoms with Gasteiger partial charge in [0.1, 0.15) is 29.3 Å². The number of aliphatic hydroxyl groups excluding tert-OH is 1. The molecule has 0 saturated carbocycles. The topological polar surface area (TPSA) is 152 Å². The molecule has 2 bridgehead atoms. The van der Waals surface area contributed by atoms with E-state index >= 15 is 0 Å². The first-order valence-corrected chi connectivity index (χ1v) is 17.9. The molecule has 282 valence electrons. The molecule has 0 aromatic carbocycles. The van der Waals surface area contributed by atoms with Crippen molar-refractivity contribution in [1.82, 2.24) is 4.90 Å². The molecule has 0 aromatic heterocycles. The number of terminal acetylenes is 1. The minimum absolute atomic E-state index is 0.0294. The lowest BCUT2D eigenvalue weighted by Gasteiger charge is -2.48. The molecule has 4 rings (SSSR count). The van der Waals surface area contributed by atoms with Crippen LogP contribution in [0.2, 0.25) is 0 Å². The maximum Gasteiger partial charge on any atom is 0.311 e. The lowest BCUT2D eigenvalue weighted by atomic mass is 9.70. The van der Waals surface area contributed by atoms with Crippen LogP contribution in [-0.4, -0.2) is 121 Å². The molecule has 0 aliphatic carbocycles. The van der Waals surface area contributed by atoms with E-state index in [4.69, 9.17) is 39.7 Å². The zero-order chi connectivity index (χ0) is 37.1. The van der Waals surface area contributed by atoms with Crippen molar-refractivity contribution in [2.75, 3.05) is 33.9 Å². The lowest BCUT2D eigenvalue weighted by molar-refractivity contribution is -0.302. The Labute approximate surface area is 297 Å². The number of aliphatic hydroxyl groups is 1. The summed E-state index contributed by atoms with van der Waals surface area (Å²) in [4.78, 5) is 48.6. The quantitative estimate of drug-likeness (QED) is 0.187. The van der Waals surface area contributed by atoms with Gasteiger partial charge in [0, 0.05) is 29.7 Å². The number of fused-ring (bicyclic) bond motifs is 4. The first kappa shape index (κ1) is 40.2. The standard InChI is InChI=1S/C37H58N2O11/c1-12-14-46-38-25-18-44-32-23(6)33(49-35-31(42)27(39(10)11)15-21(4)47-35)36(8,45-19-25)17-20(3)30(41)22(5)26-16-29(40)50-37(26,9)28(13-2)48-34(43)24(32)7/h1,20-24,26-28,31-33,35,42H,13-19H2,2-11H3/b38-25-/t20-,21-,22-,23-,24-,26+,27+,28-,31-,32+,33-,35+,36-,37+/m1/s1. The largest absolute Gasteiger partial charge is 0.458 e. The molecule has 50 heavy (non-hydrogen) atoms. The first-order chi connectivity index (χ1) is 23.5. The molecule has 0 unspecified atom stereocenters. The summed E-state index contributed by atoms with van der Waals surface area (Å²) in [6.07, 6.45) is 1.80. The predicted octanol–water partition coefficient (Wildman–Crippen LogP) is 3.14. The molecule has 0 radical (unpaired) electrons. The SMILES string of the molecule is C#CCO/N=C1/CO[C@H]2[C@@H](C)[C@@H](O[C@@H]3O[C@H](C)C[C@H](N(C)C)[C@H]3O)[C@@](C)(C[C@@H](C)C(=O)[C@H](C)[C@@H]3CC(=O)O[C@]3(C)[C@@H](CC)OC(=O)[C@@H]2C)OC1. The van der Waals surface area contributed by atoms with Crippen LogP contribution in [0.1, 0.15) is 81.1 Å². The summed E-state index contributed by atoms with van der Waals surface area (Å²) in [5, 5.41) is 15.7. The average Bonchev–Trinajstić information content (AvgIpc) is 3.39. The molecule has 14 atom stereocenters. The number of carbonyl (C=O) groups is 3. The lowest BCUT2D eigenvalue weighted by Crippen LogP contribution is -2.60. The third kappa shape index (κ3) is 8.37. The Kier molecular flexibility index (Phi) is 13.2. The Balaban J connectivity index is 1.87. The van der Waals surface area contributed by atoms with Gasteiger partial charge in [0.25, 0.3) is 0 Å². The molecule has 0 amide bonds. The number of oxime groups is 1. The van der Waals surface area contributed by atoms with Gasteiger partial charge in [-0.25, -0.2) is 0 Å². The number of nitrogens with zero attached hydrogens (tertiary/aromatic N) is 2. The summed E-state index contributed by atoms with van der Waals surface area (Å²) in [5.41, 5.74) is -2.03. The summed E-state index contributed by atoms with van der Waals surface area (Å²) in [5.74, 6) is -1.81. The van der Waals surface area contributed by atoms with Crippen molar-refractivity contribution >= 4 is 23.4 Å². The van der Waals surface area contributed by atoms with Gasteiger partial charge in [0.15, 0.2) is 12.9 Å². The van der Waals surface area contributed by atoms with Gasteiger partial charge in [0.05, 0.1) is 49.5 Å². The van der Waals surface area contributed by atoms with Gasteiger partial charge >= 0.3 is 11.9 Å². The third-order valence-corrected chi connectivity index (χ3v) is 11.3. The van der Waals surface area contributed by atoms with E-state index in [9.17, 15) is 19.5 Å². The van der Waals surface area contributed by atoms with Crippen LogP contribution in [0.25, 0.3) is 0 Å². The summed E-state index contributed by atoms with van der Waals surface area (Å²) < 4.78 is 38.4. The van der Waals surface area contributed by atoms with Crippen molar-refractivity contribution in [3.05, 3.63) is 0 Å². The molecule has 13 heteroatoms. The van der Waals surface area contributed by atoms with Gasteiger partial charge < -0.3 is 43.3 Å². The van der Waals surface area contributed by atoms with Crippen LogP contribution in [0, 0.1) is 41.9 Å². The second-order valence-corrected chi connectivity index (χ2v) is 15.4. The maximum atomic E-state index is 14.4. The van der Waals surface area contributed by atoms with Gasteiger partial charge in [0.2, 0.25) is 0 Å². The number of Topliss-reactive ketones (excluding diaryl/α,β-unsaturated/α-hetero) is 1. The predicted molar refractivity (Wildman–Crippen MR) is 183 cm³/mol. The molecule has 4 fully saturated rings. The Bertz CT molecular complexity index is 1300. The highest BCUT2D eigenvalue weighted by atomic mass is 16.7. The van der Waals surface area contributed by atoms with E-state index in [1.807, 2.05) is 60.5 Å². The number of likely N-dealkylation sites (N-methyl/N-ethyl adjacent to an activating group) is 1. The number of ketones is 1. The number of rotatable bonds is 6. The van der Waals surface area contributed by atoms with Crippen LogP contribution in [-0.2, 0) is 47.6 Å². The molecule has 0 spiro atoms. The molecule has 0 aromatic rings. The average molecular weight is 707 g/mol. The third-order valence-electron chi connectivity index (χ3n) is 11.3. The van der Waals surface area contributed by atoms with E-state index in [1.54, 1.807) is 13.8 Å². The number of hydrogen-bond donors (Lipinski definition) is 1. The van der Waals surface area contributed by atoms with E-state index < -0.39 is 83.4 Å². The number of esters is 2. The number of hydrogen-bond acceptors (Lipinski definition) is 13. The van der Waals surface area contributed by atoms with E-state index in [-0.39, 0.29) is 50.6 Å². The molecular weight excluding hydrogens is 648 g/mol. The van der Waals surface area contributed by atoms with E-state index in [2.05, 4.69) is 11.1 Å². The second-order valence-electron chi connectivity index (χ2n) is 15.4. The highest BCUT2D eigenvalue weighted by molar-refractivity contribution is 5.87. The Morgan fingerprint density at radius 3 is 2.42 bits per heavy atom. The number of ether oxygens (including phenoxy) is 6. The van der Waals surface area contributed by atoms with Crippen LogP contribution in [0.4, 0.5) is 0 Å². The molecule has 1 N–H and O–H groups in total. The minimum atomic E-state index is -1.21. The van der Waals surface area contributed by atoms with Gasteiger partial charge in [-0.3, -0.25) is 14.4 Å². The molecular formula is C37H58N2O11. The van der Waals surface area contributed by atoms with Crippen molar-refractivity contribution in [2.24, 2.45) is 34.7 Å². The Hall–Kier alpha value is -2.60. The normalized spacial score (nSPS) is 44.3. The van der Waals surface area contributed by atoms with Gasteiger partial charge in [-0.05, 0) is 61.1 Å². The molecule has 4 heterocycles. The van der Waals surface area contributed by atoms with Crippen molar-refractivity contribution in [3.8, 4) is 12.3 Å². The molecule has 4 aliphatic rings. The van der Waals surface area contributed by atoms with Crippen LogP contribution < -0.4 is 0 Å². The van der Waals surface area contributed by atoms with Crippen LogP contribution in [0.15, 0.2) is 5.16 Å². The van der Waals surface area contributed by atoms with Crippen LogP contribution in [0.5, 0.6) is 0 Å². The summed E-state index contributed by atoms with van der Waals surface area (Å²) in [6, 6.07) is -0.244. The fraction of sp³-hybridized carbons (Fsp3) is 0.838. The van der Waals surface area contributed by atoms with Crippen LogP contribution in [0.3, 0.4) is 0 Å². The fourth-order valence-electron chi connectivity index (χ4n) is 8.57. The van der Waals surface area contributed by atoms with Crippen molar-refractivity contribution in [1.29, 1.82) is 0 Å². The summed E-state index contributed by atoms with van der Waals surface area (Å²) >= 11 is 0. The maximum absolute atomic E-state index is 14.4. The Morgan fingerprint density at radius 2 is 1.78 bits per heavy atom. The summed E-state index contributed by atoms with van der Waals surface area (Å²) in [7, 11) is 3.80. The highest BCUT2D eigenvalue weighted by Crippen LogP contribution is 2.46. The van der Waals surface area contributed by atoms with Gasteiger partial charge in [-0.15, -0.1) is 6.42 Å². The molecule has 13 nitrogen and oxygen atoms in total. The fourth-order valence-corrected chi connectivity index (χ4v) is 8.57. The zero-order valence-corrected chi connectivity index (χ0v) is 31.4. The van der Waals surface area contributed by atoms with Crippen molar-refractivity contribution in [3.63, 3.8) is 0 Å². The minimum Gasteiger partial charge on any atom is -0.458 e. The van der Waals surface area contributed by atoms with Crippen molar-refractivity contribution < 1.29 is 52.7 Å². The van der Waals surface area contributed by atoms with Gasteiger partial charge in [-0.2, -0.15) is 0 Å². The molecule has 4 aliphatic heterocycles. The zero-order valence-electron chi connectivity index (χ0n) is 31.4. The van der Waals surface area contributed by atoms with Crippen LogP contribution >= 0.6 is 0 Å². The van der Waals surface area contributed by atoms with Crippen molar-refractivity contribution in [2.45, 2.75) is 135 Å². The monoisotopic (exact) mass is 706 g/mol. The molecule has 4 saturated heterocycles. The van der Waals surface area contributed by atoms with E-state index in [0.717, 1.165) is 0 Å². The smallest absolute Gasteiger partial charge is 0.311 e. The highest BCUT2D eigenvalue weighted by Gasteiger charge is 2.57. The second kappa shape index (κ2) is 16.4. The first-order valence-electron chi connectivity index (χ1n) is 17.9. The van der Waals surface area contributed by atoms with E-state index in [1.165, 1.54) is 0 Å². The van der Waals surface area contributed by atoms with E-state index in [0.29, 0.717) is 18.6 Å². The van der Waals surface area contributed by atoms with Gasteiger partial charge in [-0.1, -0.05) is 38.8 Å². The number of cyclic esters (lactones) is 1. The summed E-state index contributed by atoms with van der Waals surface area (Å²) in [6.45, 7) is 14.5. The Morgan fingerprint density at radius 1 is 1.08 bits per heavy atom.